The molecular weight excluding hydrogens is 252 g/mol. The van der Waals surface area contributed by atoms with Gasteiger partial charge in [0.25, 0.3) is 0 Å². The summed E-state index contributed by atoms with van der Waals surface area (Å²) in [5.74, 6) is 0. The molecule has 1 aromatic heterocycles. The lowest BCUT2D eigenvalue weighted by Gasteiger charge is -2.03. The number of aromatic nitrogens is 2. The molecule has 1 aromatic carbocycles. The number of rotatable bonds is 2. The first kappa shape index (κ1) is 11.3. The lowest BCUT2D eigenvalue weighted by Crippen LogP contribution is -2.07. The van der Waals surface area contributed by atoms with E-state index in [1.807, 2.05) is 0 Å². The summed E-state index contributed by atoms with van der Waals surface area (Å²) in [7, 11) is -2.88. The second-order valence-electron chi connectivity index (χ2n) is 2.93. The lowest BCUT2D eigenvalue weighted by atomic mass is 10.3. The maximum Gasteiger partial charge on any atom is 0.317 e. The Hall–Kier alpha value is -1.24. The fraction of sp³-hybridized carbons (Fsp3) is 0.111. The summed E-state index contributed by atoms with van der Waals surface area (Å²) in [5.41, 5.74) is 0.977. The van der Waals surface area contributed by atoms with E-state index in [4.69, 9.17) is 11.6 Å². The maximum atomic E-state index is 11.5. The minimum Gasteiger partial charge on any atom is -0.268 e. The Balaban J connectivity index is 2.78. The van der Waals surface area contributed by atoms with Crippen LogP contribution in [0.5, 0.6) is 0 Å². The van der Waals surface area contributed by atoms with Gasteiger partial charge in [0, 0.05) is 0 Å². The zero-order chi connectivity index (χ0) is 11.8. The Morgan fingerprint density at radius 3 is 2.31 bits per heavy atom. The number of para-hydroxylation sites is 2. The van der Waals surface area contributed by atoms with Crippen molar-refractivity contribution in [3.05, 3.63) is 29.4 Å². The van der Waals surface area contributed by atoms with Gasteiger partial charge in [-0.1, -0.05) is 23.7 Å². The molecule has 2 rings (SSSR count). The first-order chi connectivity index (χ1) is 7.54. The molecule has 0 unspecified atom stereocenters. The number of hydrogen-bond donors (Lipinski definition) is 0. The minimum atomic E-state index is -3.93. The van der Waals surface area contributed by atoms with Crippen molar-refractivity contribution in [2.24, 2.45) is 0 Å². The van der Waals surface area contributed by atoms with E-state index in [1.165, 1.54) is 0 Å². The number of fused-ring (bicyclic) bond motifs is 1. The molecule has 0 saturated carbocycles. The number of benzene rings is 1. The van der Waals surface area contributed by atoms with Crippen molar-refractivity contribution >= 4 is 32.8 Å². The molecule has 0 bridgehead atoms. The van der Waals surface area contributed by atoms with E-state index < -0.39 is 10.1 Å². The summed E-state index contributed by atoms with van der Waals surface area (Å²) in [6.07, 6.45) is 0. The second kappa shape index (κ2) is 3.97. The van der Waals surface area contributed by atoms with Gasteiger partial charge >= 0.3 is 10.1 Å². The summed E-state index contributed by atoms with van der Waals surface area (Å²) in [4.78, 5) is 7.84. The zero-order valence-electron chi connectivity index (χ0n) is 8.21. The van der Waals surface area contributed by atoms with Gasteiger partial charge < -0.3 is 0 Å². The van der Waals surface area contributed by atoms with Crippen molar-refractivity contribution in [2.45, 2.75) is 5.03 Å². The fourth-order valence-corrected chi connectivity index (χ4v) is 2.24. The van der Waals surface area contributed by atoms with Crippen molar-refractivity contribution in [1.82, 2.24) is 9.97 Å². The van der Waals surface area contributed by atoms with Crippen molar-refractivity contribution in [2.75, 3.05) is 7.11 Å². The van der Waals surface area contributed by atoms with E-state index in [9.17, 15) is 8.42 Å². The molecule has 2 aromatic rings. The van der Waals surface area contributed by atoms with E-state index in [0.717, 1.165) is 7.11 Å². The summed E-state index contributed by atoms with van der Waals surface area (Å²) < 4.78 is 27.3. The summed E-state index contributed by atoms with van der Waals surface area (Å²) in [5, 5.41) is -0.559. The van der Waals surface area contributed by atoms with Gasteiger partial charge in [0.1, 0.15) is 0 Å². The van der Waals surface area contributed by atoms with Gasteiger partial charge in [-0.05, 0) is 12.1 Å². The molecule has 0 aliphatic carbocycles. The predicted molar refractivity (Wildman–Crippen MR) is 58.7 cm³/mol. The third-order valence-corrected chi connectivity index (χ3v) is 3.53. The highest BCUT2D eigenvalue weighted by Crippen LogP contribution is 2.21. The Labute approximate surface area is 97.2 Å². The highest BCUT2D eigenvalue weighted by molar-refractivity contribution is 7.86. The third kappa shape index (κ3) is 1.87. The standard InChI is InChI=1S/C9H7ClN2O3S/c1-15-16(13,14)9-8(10)11-6-4-2-3-5-7(6)12-9/h2-5H,1H3. The highest BCUT2D eigenvalue weighted by Gasteiger charge is 2.21. The van der Waals surface area contributed by atoms with Crippen LogP contribution in [-0.4, -0.2) is 25.5 Å². The zero-order valence-corrected chi connectivity index (χ0v) is 9.79. The quantitative estimate of drug-likeness (QED) is 0.766. The van der Waals surface area contributed by atoms with Crippen LogP contribution in [0, 0.1) is 0 Å². The number of halogens is 1. The third-order valence-electron chi connectivity index (χ3n) is 1.96. The van der Waals surface area contributed by atoms with Crippen LogP contribution in [0.1, 0.15) is 0 Å². The van der Waals surface area contributed by atoms with Crippen molar-refractivity contribution < 1.29 is 12.6 Å². The molecule has 0 saturated heterocycles. The SMILES string of the molecule is COS(=O)(=O)c1nc2ccccc2nc1Cl. The average molecular weight is 259 g/mol. The molecule has 7 heteroatoms. The van der Waals surface area contributed by atoms with Crippen LogP contribution in [0.25, 0.3) is 11.0 Å². The number of nitrogens with zero attached hydrogens (tertiary/aromatic N) is 2. The fourth-order valence-electron chi connectivity index (χ4n) is 1.20. The van der Waals surface area contributed by atoms with Crippen molar-refractivity contribution in [3.8, 4) is 0 Å². The monoisotopic (exact) mass is 258 g/mol. The van der Waals surface area contributed by atoms with Crippen LogP contribution in [0.3, 0.4) is 0 Å². The summed E-state index contributed by atoms with van der Waals surface area (Å²) in [6, 6.07) is 6.83. The van der Waals surface area contributed by atoms with Gasteiger partial charge in [-0.15, -0.1) is 0 Å². The molecule has 1 heterocycles. The van der Waals surface area contributed by atoms with Crippen molar-refractivity contribution in [3.63, 3.8) is 0 Å². The topological polar surface area (TPSA) is 69.2 Å². The average Bonchev–Trinajstić information content (AvgIpc) is 2.28. The maximum absolute atomic E-state index is 11.5. The molecule has 0 spiro atoms. The Bertz CT molecular complexity index is 642. The minimum absolute atomic E-state index is 0.194. The lowest BCUT2D eigenvalue weighted by molar-refractivity contribution is 0.395. The van der Waals surface area contributed by atoms with Crippen LogP contribution in [0.4, 0.5) is 0 Å². The molecule has 0 fully saturated rings. The molecular formula is C9H7ClN2O3S. The summed E-state index contributed by atoms with van der Waals surface area (Å²) >= 11 is 5.73. The van der Waals surface area contributed by atoms with Gasteiger partial charge in [0.2, 0.25) is 5.03 Å². The van der Waals surface area contributed by atoms with Crippen LogP contribution in [0.2, 0.25) is 5.15 Å². The van der Waals surface area contributed by atoms with E-state index in [-0.39, 0.29) is 10.2 Å². The van der Waals surface area contributed by atoms with Gasteiger partial charge in [0.15, 0.2) is 5.15 Å². The first-order valence-electron chi connectivity index (χ1n) is 4.27. The molecule has 0 aliphatic heterocycles. The molecule has 0 amide bonds. The second-order valence-corrected chi connectivity index (χ2v) is 4.92. The van der Waals surface area contributed by atoms with Crippen LogP contribution in [0.15, 0.2) is 29.3 Å². The first-order valence-corrected chi connectivity index (χ1v) is 6.06. The molecule has 0 atom stereocenters. The summed E-state index contributed by atoms with van der Waals surface area (Å²) in [6.45, 7) is 0. The van der Waals surface area contributed by atoms with Gasteiger partial charge in [-0.3, -0.25) is 4.18 Å². The molecule has 0 N–H and O–H groups in total. The molecule has 84 valence electrons. The van der Waals surface area contributed by atoms with Crippen LogP contribution >= 0.6 is 11.6 Å². The Morgan fingerprint density at radius 2 is 1.75 bits per heavy atom. The number of hydrogen-bond acceptors (Lipinski definition) is 5. The van der Waals surface area contributed by atoms with E-state index >= 15 is 0 Å². The van der Waals surface area contributed by atoms with E-state index in [2.05, 4.69) is 14.2 Å². The van der Waals surface area contributed by atoms with Gasteiger partial charge in [-0.25, -0.2) is 9.97 Å². The van der Waals surface area contributed by atoms with Crippen LogP contribution in [-0.2, 0) is 14.3 Å². The largest absolute Gasteiger partial charge is 0.317 e. The highest BCUT2D eigenvalue weighted by atomic mass is 35.5. The van der Waals surface area contributed by atoms with Gasteiger partial charge in [-0.2, -0.15) is 8.42 Å². The Morgan fingerprint density at radius 1 is 1.19 bits per heavy atom. The normalized spacial score (nSPS) is 11.9. The van der Waals surface area contributed by atoms with E-state index in [0.29, 0.717) is 11.0 Å². The van der Waals surface area contributed by atoms with Crippen molar-refractivity contribution in [1.29, 1.82) is 0 Å². The molecule has 0 aliphatic rings. The molecule has 0 radical (unpaired) electrons. The Kier molecular flexibility index (Phi) is 2.79. The predicted octanol–water partition coefficient (Wildman–Crippen LogP) is 1.62. The van der Waals surface area contributed by atoms with Crippen LogP contribution < -0.4 is 0 Å². The smallest absolute Gasteiger partial charge is 0.268 e. The molecule has 16 heavy (non-hydrogen) atoms. The molecule has 5 nitrogen and oxygen atoms in total. The van der Waals surface area contributed by atoms with Gasteiger partial charge in [0.05, 0.1) is 18.1 Å². The van der Waals surface area contributed by atoms with E-state index in [1.54, 1.807) is 24.3 Å².